The minimum atomic E-state index is -0.676. The Bertz CT molecular complexity index is 825. The highest BCUT2D eigenvalue weighted by atomic mass is 16.5. The molecule has 0 aliphatic heterocycles. The summed E-state index contributed by atoms with van der Waals surface area (Å²) in [6, 6.07) is 12.6. The number of benzene rings is 1. The molecule has 1 aromatic carbocycles. The number of carbonyl (C=O) groups excluding carboxylic acids is 1. The van der Waals surface area contributed by atoms with E-state index in [1.807, 2.05) is 30.3 Å². The Balaban J connectivity index is 2.04. The second-order valence-corrected chi connectivity index (χ2v) is 4.68. The molecule has 8 heteroatoms. The van der Waals surface area contributed by atoms with Gasteiger partial charge in [0.05, 0.1) is 12.9 Å². The number of rotatable bonds is 6. The molecule has 0 amide bonds. The number of aliphatic hydroxyl groups is 1. The fourth-order valence-corrected chi connectivity index (χ4v) is 2.04. The van der Waals surface area contributed by atoms with Gasteiger partial charge in [0.2, 0.25) is 0 Å². The summed E-state index contributed by atoms with van der Waals surface area (Å²) in [6.45, 7) is -0.405. The molecule has 0 spiro atoms. The van der Waals surface area contributed by atoms with Crippen LogP contribution in [0.3, 0.4) is 0 Å². The van der Waals surface area contributed by atoms with Gasteiger partial charge < -0.3 is 14.3 Å². The highest BCUT2D eigenvalue weighted by Gasteiger charge is 2.20. The number of tetrazole rings is 1. The monoisotopic (exact) mass is 326 g/mol. The molecule has 24 heavy (non-hydrogen) atoms. The zero-order valence-corrected chi connectivity index (χ0v) is 12.6. The molecule has 1 N–H and O–H groups in total. The fraction of sp³-hybridized carbons (Fsp3) is 0.125. The first-order valence-corrected chi connectivity index (χ1v) is 7.17. The van der Waals surface area contributed by atoms with Crippen LogP contribution in [0.4, 0.5) is 0 Å². The van der Waals surface area contributed by atoms with Gasteiger partial charge in [-0.05, 0) is 22.6 Å². The molecule has 0 aliphatic rings. The van der Waals surface area contributed by atoms with E-state index in [1.165, 1.54) is 17.0 Å². The number of carbonyl (C=O) groups is 1. The largest absolute Gasteiger partial charge is 0.465 e. The molecule has 0 aliphatic carbocycles. The van der Waals surface area contributed by atoms with Crippen molar-refractivity contribution >= 4 is 17.7 Å². The van der Waals surface area contributed by atoms with E-state index < -0.39 is 5.97 Å². The summed E-state index contributed by atoms with van der Waals surface area (Å²) in [5.41, 5.74) is 0.810. The summed E-state index contributed by atoms with van der Waals surface area (Å²) in [4.78, 5) is 12.4. The van der Waals surface area contributed by atoms with Gasteiger partial charge in [0.25, 0.3) is 0 Å². The van der Waals surface area contributed by atoms with Crippen LogP contribution in [0.1, 0.15) is 5.76 Å². The van der Waals surface area contributed by atoms with Crippen LogP contribution < -0.4 is 0 Å². The van der Waals surface area contributed by atoms with Crippen LogP contribution in [-0.2, 0) is 9.53 Å². The lowest BCUT2D eigenvalue weighted by Crippen LogP contribution is -2.16. The van der Waals surface area contributed by atoms with E-state index in [0.29, 0.717) is 11.6 Å². The lowest BCUT2D eigenvalue weighted by atomic mass is 10.2. The first-order valence-electron chi connectivity index (χ1n) is 7.17. The molecule has 3 aromatic rings. The van der Waals surface area contributed by atoms with Crippen LogP contribution in [0.5, 0.6) is 0 Å². The van der Waals surface area contributed by atoms with Crippen LogP contribution in [0, 0.1) is 0 Å². The highest BCUT2D eigenvalue weighted by Crippen LogP contribution is 2.21. The smallest absolute Gasteiger partial charge is 0.357 e. The van der Waals surface area contributed by atoms with Crippen molar-refractivity contribution in [2.24, 2.45) is 0 Å². The summed E-state index contributed by atoms with van der Waals surface area (Å²) in [5, 5.41) is 20.4. The molecule has 0 saturated carbocycles. The molecule has 122 valence electrons. The van der Waals surface area contributed by atoms with Crippen molar-refractivity contribution in [3.05, 3.63) is 54.5 Å². The molecule has 3 rings (SSSR count). The summed E-state index contributed by atoms with van der Waals surface area (Å²) in [5.74, 6) is 0.153. The molecule has 2 heterocycles. The fourth-order valence-electron chi connectivity index (χ4n) is 2.04. The van der Waals surface area contributed by atoms with Crippen LogP contribution in [0.2, 0.25) is 0 Å². The Hall–Kier alpha value is -3.26. The van der Waals surface area contributed by atoms with Crippen LogP contribution in [0.25, 0.3) is 23.2 Å². The Morgan fingerprint density at radius 3 is 2.79 bits per heavy atom. The average Bonchev–Trinajstić information content (AvgIpc) is 3.29. The number of esters is 1. The molecule has 8 nitrogen and oxygen atoms in total. The van der Waals surface area contributed by atoms with E-state index in [9.17, 15) is 4.79 Å². The second kappa shape index (κ2) is 7.34. The minimum Gasteiger partial charge on any atom is -0.465 e. The Kier molecular flexibility index (Phi) is 4.78. The maximum atomic E-state index is 12.4. The molecule has 0 atom stereocenters. The predicted octanol–water partition coefficient (Wildman–Crippen LogP) is 1.47. The van der Waals surface area contributed by atoms with Crippen molar-refractivity contribution in [2.45, 2.75) is 0 Å². The van der Waals surface area contributed by atoms with E-state index in [1.54, 1.807) is 12.1 Å². The SMILES string of the molecule is O=C(OCCO)/C(=C\c1ccco1)n1nnnc1-c1ccccc1. The molecule has 0 fully saturated rings. The van der Waals surface area contributed by atoms with Crippen molar-refractivity contribution < 1.29 is 19.1 Å². The molecular formula is C16H14N4O4. The van der Waals surface area contributed by atoms with Gasteiger partial charge in [-0.1, -0.05) is 30.3 Å². The maximum Gasteiger partial charge on any atom is 0.357 e. The lowest BCUT2D eigenvalue weighted by Gasteiger charge is -2.09. The minimum absolute atomic E-state index is 0.0715. The van der Waals surface area contributed by atoms with E-state index in [-0.39, 0.29) is 18.9 Å². The van der Waals surface area contributed by atoms with Crippen molar-refractivity contribution in [2.75, 3.05) is 13.2 Å². The summed E-state index contributed by atoms with van der Waals surface area (Å²) in [7, 11) is 0. The van der Waals surface area contributed by atoms with Crippen LogP contribution >= 0.6 is 0 Å². The van der Waals surface area contributed by atoms with E-state index in [0.717, 1.165) is 5.56 Å². The van der Waals surface area contributed by atoms with Crippen molar-refractivity contribution in [3.8, 4) is 11.4 Å². The first-order chi connectivity index (χ1) is 11.8. The van der Waals surface area contributed by atoms with Gasteiger partial charge in [-0.25, -0.2) is 4.79 Å². The second-order valence-electron chi connectivity index (χ2n) is 4.68. The lowest BCUT2D eigenvalue weighted by molar-refractivity contribution is -0.138. The first kappa shape index (κ1) is 15.6. The quantitative estimate of drug-likeness (QED) is 0.540. The zero-order chi connectivity index (χ0) is 16.8. The number of ether oxygens (including phenoxy) is 1. The number of hydrogen-bond donors (Lipinski definition) is 1. The van der Waals surface area contributed by atoms with Crippen LogP contribution in [-0.4, -0.2) is 44.5 Å². The summed E-state index contributed by atoms with van der Waals surface area (Å²) < 4.78 is 11.5. The van der Waals surface area contributed by atoms with Crippen LogP contribution in [0.15, 0.2) is 53.1 Å². The number of aromatic nitrogens is 4. The molecule has 0 bridgehead atoms. The number of aliphatic hydroxyl groups excluding tert-OH is 1. The summed E-state index contributed by atoms with van der Waals surface area (Å²) in [6.07, 6.45) is 2.96. The maximum absolute atomic E-state index is 12.4. The third-order valence-corrected chi connectivity index (χ3v) is 3.09. The van der Waals surface area contributed by atoms with Gasteiger partial charge in [0.1, 0.15) is 12.4 Å². The number of hydrogen-bond acceptors (Lipinski definition) is 7. The highest BCUT2D eigenvalue weighted by molar-refractivity contribution is 6.15. The molecule has 0 unspecified atom stereocenters. The van der Waals surface area contributed by atoms with E-state index in [4.69, 9.17) is 14.3 Å². The Morgan fingerprint density at radius 2 is 2.08 bits per heavy atom. The molecule has 0 radical (unpaired) electrons. The zero-order valence-electron chi connectivity index (χ0n) is 12.6. The van der Waals surface area contributed by atoms with Crippen molar-refractivity contribution in [1.82, 2.24) is 20.2 Å². The number of furan rings is 1. The third-order valence-electron chi connectivity index (χ3n) is 3.09. The van der Waals surface area contributed by atoms with Crippen molar-refractivity contribution in [3.63, 3.8) is 0 Å². The topological polar surface area (TPSA) is 103 Å². The Morgan fingerprint density at radius 1 is 1.25 bits per heavy atom. The Labute approximate surface area is 137 Å². The molecule has 0 saturated heterocycles. The average molecular weight is 326 g/mol. The van der Waals surface area contributed by atoms with Gasteiger partial charge in [-0.15, -0.1) is 5.10 Å². The van der Waals surface area contributed by atoms with E-state index in [2.05, 4.69) is 15.5 Å². The number of nitrogens with zero attached hydrogens (tertiary/aromatic N) is 4. The molecule has 2 aromatic heterocycles. The predicted molar refractivity (Wildman–Crippen MR) is 84.2 cm³/mol. The summed E-state index contributed by atoms with van der Waals surface area (Å²) >= 11 is 0. The van der Waals surface area contributed by atoms with Gasteiger partial charge in [-0.2, -0.15) is 4.68 Å². The normalized spacial score (nSPS) is 11.5. The molecular weight excluding hydrogens is 312 g/mol. The van der Waals surface area contributed by atoms with Gasteiger partial charge in [0.15, 0.2) is 11.5 Å². The van der Waals surface area contributed by atoms with Crippen molar-refractivity contribution in [1.29, 1.82) is 0 Å². The van der Waals surface area contributed by atoms with Gasteiger partial charge in [0, 0.05) is 11.6 Å². The third kappa shape index (κ3) is 3.39. The van der Waals surface area contributed by atoms with Gasteiger partial charge >= 0.3 is 5.97 Å². The standard InChI is InChI=1S/C16H14N4O4/c21-8-10-24-16(22)14(11-13-7-4-9-23-13)20-15(17-18-19-20)12-5-2-1-3-6-12/h1-7,9,11,21H,8,10H2/b14-11+. The van der Waals surface area contributed by atoms with Gasteiger partial charge in [-0.3, -0.25) is 0 Å². The van der Waals surface area contributed by atoms with E-state index >= 15 is 0 Å².